The number of nitrogens with zero attached hydrogens (tertiary/aromatic N) is 1. The van der Waals surface area contributed by atoms with Crippen LogP contribution in [0.2, 0.25) is 0 Å². The van der Waals surface area contributed by atoms with Gasteiger partial charge in [-0.15, -0.1) is 0 Å². The van der Waals surface area contributed by atoms with Gasteiger partial charge in [-0.2, -0.15) is 0 Å². The van der Waals surface area contributed by atoms with Gasteiger partial charge in [0.05, 0.1) is 11.2 Å². The number of hydrogen-bond acceptors (Lipinski definition) is 1. The van der Waals surface area contributed by atoms with Crippen molar-refractivity contribution in [2.75, 3.05) is 0 Å². The fraction of sp³-hybridized carbons (Fsp3) is 0.0870. The molecule has 0 spiro atoms. The van der Waals surface area contributed by atoms with E-state index in [1.165, 1.54) is 5.56 Å². The van der Waals surface area contributed by atoms with Gasteiger partial charge in [0.1, 0.15) is 0 Å². The van der Waals surface area contributed by atoms with Crippen LogP contribution in [0.15, 0.2) is 83.7 Å². The van der Waals surface area contributed by atoms with E-state index in [1.54, 1.807) is 6.07 Å². The molecule has 4 aromatic rings. The van der Waals surface area contributed by atoms with Gasteiger partial charge in [-0.05, 0) is 43.7 Å². The molecule has 122 valence electrons. The normalized spacial score (nSPS) is 11.0. The Hall–Kier alpha value is -3.13. The van der Waals surface area contributed by atoms with E-state index in [0.29, 0.717) is 0 Å². The van der Waals surface area contributed by atoms with E-state index >= 15 is 0 Å². The Morgan fingerprint density at radius 1 is 0.720 bits per heavy atom. The summed E-state index contributed by atoms with van der Waals surface area (Å²) in [6.45, 7) is 4.09. The SMILES string of the molecule is Cc1ccc(-n2c(-c3ccccc3)cc(=O)c3cc(C)ccc32)cc1. The molecule has 1 aromatic heterocycles. The van der Waals surface area contributed by atoms with Crippen LogP contribution in [0.4, 0.5) is 0 Å². The van der Waals surface area contributed by atoms with Crippen LogP contribution in [-0.2, 0) is 0 Å². The predicted octanol–water partition coefficient (Wildman–Crippen LogP) is 5.27. The molecule has 2 nitrogen and oxygen atoms in total. The molecule has 25 heavy (non-hydrogen) atoms. The van der Waals surface area contributed by atoms with Crippen molar-refractivity contribution in [2.45, 2.75) is 13.8 Å². The van der Waals surface area contributed by atoms with Crippen LogP contribution in [0, 0.1) is 13.8 Å². The number of pyridine rings is 1. The van der Waals surface area contributed by atoms with Gasteiger partial charge in [-0.3, -0.25) is 4.79 Å². The second-order valence-electron chi connectivity index (χ2n) is 6.45. The van der Waals surface area contributed by atoms with E-state index in [4.69, 9.17) is 0 Å². The van der Waals surface area contributed by atoms with E-state index in [9.17, 15) is 4.79 Å². The molecular formula is C23H19NO. The number of fused-ring (bicyclic) bond motifs is 1. The summed E-state index contributed by atoms with van der Waals surface area (Å²) in [5, 5.41) is 0.750. The van der Waals surface area contributed by atoms with Crippen molar-refractivity contribution >= 4 is 10.9 Å². The zero-order valence-corrected chi connectivity index (χ0v) is 14.4. The minimum Gasteiger partial charge on any atom is -0.309 e. The molecule has 4 rings (SSSR count). The second kappa shape index (κ2) is 6.06. The van der Waals surface area contributed by atoms with Gasteiger partial charge in [0.15, 0.2) is 5.43 Å². The Kier molecular flexibility index (Phi) is 3.73. The maximum atomic E-state index is 12.7. The largest absolute Gasteiger partial charge is 0.309 e. The first-order valence-electron chi connectivity index (χ1n) is 8.42. The zero-order chi connectivity index (χ0) is 17.4. The molecule has 0 bridgehead atoms. The van der Waals surface area contributed by atoms with Crippen LogP contribution < -0.4 is 5.43 Å². The molecular weight excluding hydrogens is 306 g/mol. The minimum absolute atomic E-state index is 0.0564. The molecule has 0 radical (unpaired) electrons. The third-order valence-corrected chi connectivity index (χ3v) is 4.53. The van der Waals surface area contributed by atoms with Crippen LogP contribution in [0.3, 0.4) is 0 Å². The first-order valence-corrected chi connectivity index (χ1v) is 8.42. The van der Waals surface area contributed by atoms with Crippen molar-refractivity contribution in [3.05, 3.63) is 100 Å². The van der Waals surface area contributed by atoms with Crippen LogP contribution in [0.25, 0.3) is 27.8 Å². The summed E-state index contributed by atoms with van der Waals surface area (Å²) in [6, 6.07) is 26.3. The third-order valence-electron chi connectivity index (χ3n) is 4.53. The number of aromatic nitrogens is 1. The first-order chi connectivity index (χ1) is 12.1. The van der Waals surface area contributed by atoms with E-state index in [2.05, 4.69) is 41.8 Å². The maximum Gasteiger partial charge on any atom is 0.190 e. The van der Waals surface area contributed by atoms with Crippen LogP contribution in [0.5, 0.6) is 0 Å². The van der Waals surface area contributed by atoms with Gasteiger partial charge < -0.3 is 4.57 Å². The molecule has 0 aliphatic rings. The van der Waals surface area contributed by atoms with Crippen LogP contribution in [0.1, 0.15) is 11.1 Å². The average molecular weight is 325 g/mol. The lowest BCUT2D eigenvalue weighted by molar-refractivity contribution is 1.10. The molecule has 0 aliphatic carbocycles. The van der Waals surface area contributed by atoms with E-state index < -0.39 is 0 Å². The van der Waals surface area contributed by atoms with Crippen molar-refractivity contribution in [1.82, 2.24) is 4.57 Å². The molecule has 0 amide bonds. The molecule has 0 fully saturated rings. The highest BCUT2D eigenvalue weighted by Crippen LogP contribution is 2.27. The lowest BCUT2D eigenvalue weighted by Gasteiger charge is -2.18. The summed E-state index contributed by atoms with van der Waals surface area (Å²) in [4.78, 5) is 12.7. The summed E-state index contributed by atoms with van der Waals surface area (Å²) in [5.74, 6) is 0. The van der Waals surface area contributed by atoms with Crippen LogP contribution in [-0.4, -0.2) is 4.57 Å². The van der Waals surface area contributed by atoms with Gasteiger partial charge in [0.25, 0.3) is 0 Å². The molecule has 0 saturated carbocycles. The quantitative estimate of drug-likeness (QED) is 0.492. The number of rotatable bonds is 2. The third kappa shape index (κ3) is 2.76. The lowest BCUT2D eigenvalue weighted by atomic mass is 10.1. The first kappa shape index (κ1) is 15.4. The number of hydrogen-bond donors (Lipinski definition) is 0. The highest BCUT2D eigenvalue weighted by Gasteiger charge is 2.12. The van der Waals surface area contributed by atoms with Gasteiger partial charge in [-0.25, -0.2) is 0 Å². The van der Waals surface area contributed by atoms with E-state index in [1.807, 2.05) is 49.4 Å². The molecule has 2 heteroatoms. The summed E-state index contributed by atoms with van der Waals surface area (Å²) < 4.78 is 2.17. The Labute approximate surface area is 147 Å². The Morgan fingerprint density at radius 2 is 1.40 bits per heavy atom. The molecule has 0 N–H and O–H groups in total. The van der Waals surface area contributed by atoms with E-state index in [-0.39, 0.29) is 5.43 Å². The Bertz CT molecular complexity index is 1110. The maximum absolute atomic E-state index is 12.7. The van der Waals surface area contributed by atoms with Gasteiger partial charge in [0.2, 0.25) is 0 Å². The Balaban J connectivity index is 2.14. The van der Waals surface area contributed by atoms with Gasteiger partial charge >= 0.3 is 0 Å². The average Bonchev–Trinajstić information content (AvgIpc) is 2.64. The van der Waals surface area contributed by atoms with Crippen molar-refractivity contribution < 1.29 is 0 Å². The van der Waals surface area contributed by atoms with Crippen LogP contribution >= 0.6 is 0 Å². The molecule has 0 atom stereocenters. The minimum atomic E-state index is 0.0564. The van der Waals surface area contributed by atoms with E-state index in [0.717, 1.165) is 33.4 Å². The smallest absolute Gasteiger partial charge is 0.190 e. The summed E-state index contributed by atoms with van der Waals surface area (Å²) in [5.41, 5.74) is 6.28. The van der Waals surface area contributed by atoms with Crippen molar-refractivity contribution in [3.63, 3.8) is 0 Å². The summed E-state index contributed by atoms with van der Waals surface area (Å²) >= 11 is 0. The zero-order valence-electron chi connectivity index (χ0n) is 14.4. The fourth-order valence-corrected chi connectivity index (χ4v) is 3.23. The lowest BCUT2D eigenvalue weighted by Crippen LogP contribution is -2.10. The molecule has 0 saturated heterocycles. The predicted molar refractivity (Wildman–Crippen MR) is 104 cm³/mol. The highest BCUT2D eigenvalue weighted by atomic mass is 16.1. The molecule has 1 heterocycles. The number of benzene rings is 3. The van der Waals surface area contributed by atoms with Gasteiger partial charge in [0, 0.05) is 17.1 Å². The number of aryl methyl sites for hydroxylation is 2. The van der Waals surface area contributed by atoms with Crippen molar-refractivity contribution in [1.29, 1.82) is 0 Å². The molecule has 3 aromatic carbocycles. The summed E-state index contributed by atoms with van der Waals surface area (Å²) in [7, 11) is 0. The standard InChI is InChI=1S/C23H19NO/c1-16-8-11-19(12-9-16)24-21-13-10-17(2)14-20(21)23(25)15-22(24)18-6-4-3-5-7-18/h3-15H,1-2H3. The fourth-order valence-electron chi connectivity index (χ4n) is 3.23. The highest BCUT2D eigenvalue weighted by molar-refractivity contribution is 5.85. The molecule has 0 unspecified atom stereocenters. The van der Waals surface area contributed by atoms with Gasteiger partial charge in [-0.1, -0.05) is 59.7 Å². The topological polar surface area (TPSA) is 22.0 Å². The molecule has 0 aliphatic heterocycles. The van der Waals surface area contributed by atoms with Crippen molar-refractivity contribution in [3.8, 4) is 16.9 Å². The second-order valence-corrected chi connectivity index (χ2v) is 6.45. The Morgan fingerprint density at radius 3 is 2.12 bits per heavy atom. The summed E-state index contributed by atoms with van der Waals surface area (Å²) in [6.07, 6.45) is 0. The monoisotopic (exact) mass is 325 g/mol. The van der Waals surface area contributed by atoms with Crippen molar-refractivity contribution in [2.24, 2.45) is 0 Å².